The van der Waals surface area contributed by atoms with Crippen molar-refractivity contribution in [2.75, 3.05) is 0 Å². The zero-order valence-corrected chi connectivity index (χ0v) is 6.95. The van der Waals surface area contributed by atoms with E-state index in [4.69, 9.17) is 4.74 Å². The highest BCUT2D eigenvalue weighted by Crippen LogP contribution is 2.20. The Hall–Kier alpha value is -0.240. The number of carbonyl (C=O) groups is 1. The summed E-state index contributed by atoms with van der Waals surface area (Å²) in [7, 11) is 0. The normalized spacial score (nSPS) is 18.1. The van der Waals surface area contributed by atoms with Crippen molar-refractivity contribution in [3.8, 4) is 0 Å². The molecule has 1 aliphatic rings. The molecule has 10 heavy (non-hydrogen) atoms. The second-order valence-electron chi connectivity index (χ2n) is 2.52. The lowest BCUT2D eigenvalue weighted by atomic mass is 10.3. The highest BCUT2D eigenvalue weighted by atomic mass is 35.5. The standard InChI is InChI=1S/C7H12O2.ClH/c1-6(8)9-7-4-2-3-5-7;/h7H,2-5H2,1H3;1H. The molecule has 1 rings (SSSR count). The predicted molar refractivity (Wildman–Crippen MR) is 41.3 cm³/mol. The molecule has 3 heteroatoms. The van der Waals surface area contributed by atoms with Crippen LogP contribution < -0.4 is 0 Å². The van der Waals surface area contributed by atoms with Gasteiger partial charge in [-0.05, 0) is 25.7 Å². The molecule has 0 aliphatic heterocycles. The monoisotopic (exact) mass is 164 g/mol. The molecule has 0 radical (unpaired) electrons. The van der Waals surface area contributed by atoms with Crippen LogP contribution in [-0.2, 0) is 9.53 Å². The molecule has 0 spiro atoms. The molecule has 1 aliphatic carbocycles. The lowest BCUT2D eigenvalue weighted by Gasteiger charge is -2.07. The Bertz CT molecular complexity index is 108. The van der Waals surface area contributed by atoms with E-state index < -0.39 is 0 Å². The van der Waals surface area contributed by atoms with Crippen LogP contribution in [0.25, 0.3) is 0 Å². The molecule has 1 fully saturated rings. The summed E-state index contributed by atoms with van der Waals surface area (Å²) in [6.45, 7) is 1.47. The first-order valence-corrected chi connectivity index (χ1v) is 3.46. The second kappa shape index (κ2) is 4.56. The lowest BCUT2D eigenvalue weighted by molar-refractivity contribution is -0.145. The zero-order valence-electron chi connectivity index (χ0n) is 6.13. The topological polar surface area (TPSA) is 26.3 Å². The van der Waals surface area contributed by atoms with Gasteiger partial charge in [0.2, 0.25) is 0 Å². The minimum absolute atomic E-state index is 0. The fourth-order valence-corrected chi connectivity index (χ4v) is 1.24. The van der Waals surface area contributed by atoms with Gasteiger partial charge in [-0.15, -0.1) is 12.4 Å². The molecule has 0 heterocycles. The molecular weight excluding hydrogens is 152 g/mol. The molecule has 0 atom stereocenters. The first kappa shape index (κ1) is 9.76. The van der Waals surface area contributed by atoms with Crippen molar-refractivity contribution in [2.45, 2.75) is 38.7 Å². The molecule has 0 aromatic rings. The molecule has 0 unspecified atom stereocenters. The van der Waals surface area contributed by atoms with Crippen molar-refractivity contribution in [1.82, 2.24) is 0 Å². The Labute approximate surface area is 67.4 Å². The maximum atomic E-state index is 10.4. The van der Waals surface area contributed by atoms with Crippen molar-refractivity contribution in [3.63, 3.8) is 0 Å². The molecule has 0 N–H and O–H groups in total. The number of carbonyl (C=O) groups excluding carboxylic acids is 1. The number of rotatable bonds is 1. The summed E-state index contributed by atoms with van der Waals surface area (Å²) < 4.78 is 4.97. The fourth-order valence-electron chi connectivity index (χ4n) is 1.24. The Morgan fingerprint density at radius 1 is 1.40 bits per heavy atom. The van der Waals surface area contributed by atoms with Crippen LogP contribution in [0.4, 0.5) is 0 Å². The highest BCUT2D eigenvalue weighted by molar-refractivity contribution is 5.85. The van der Waals surface area contributed by atoms with Crippen molar-refractivity contribution in [1.29, 1.82) is 0 Å². The molecular formula is C7H13ClO2. The van der Waals surface area contributed by atoms with Crippen LogP contribution >= 0.6 is 12.4 Å². The Morgan fingerprint density at radius 2 is 1.90 bits per heavy atom. The van der Waals surface area contributed by atoms with Gasteiger partial charge in [0, 0.05) is 6.92 Å². The third-order valence-electron chi connectivity index (χ3n) is 1.63. The van der Waals surface area contributed by atoms with E-state index in [0.717, 1.165) is 12.8 Å². The SMILES string of the molecule is CC(=O)OC1CCCC1.Cl. The molecule has 2 nitrogen and oxygen atoms in total. The molecule has 0 saturated heterocycles. The van der Waals surface area contributed by atoms with Gasteiger partial charge in [0.05, 0.1) is 0 Å². The molecule has 0 bridgehead atoms. The average molecular weight is 165 g/mol. The van der Waals surface area contributed by atoms with Crippen LogP contribution in [0.15, 0.2) is 0 Å². The summed E-state index contributed by atoms with van der Waals surface area (Å²) in [4.78, 5) is 10.4. The van der Waals surface area contributed by atoms with Gasteiger partial charge in [-0.1, -0.05) is 0 Å². The average Bonchev–Trinajstić information content (AvgIpc) is 2.15. The van der Waals surface area contributed by atoms with E-state index >= 15 is 0 Å². The summed E-state index contributed by atoms with van der Waals surface area (Å²) in [6.07, 6.45) is 4.82. The lowest BCUT2D eigenvalue weighted by Crippen LogP contribution is -2.10. The van der Waals surface area contributed by atoms with Crippen molar-refractivity contribution < 1.29 is 9.53 Å². The number of ether oxygens (including phenoxy) is 1. The molecule has 0 aromatic heterocycles. The quantitative estimate of drug-likeness (QED) is 0.554. The predicted octanol–water partition coefficient (Wildman–Crippen LogP) is 1.91. The van der Waals surface area contributed by atoms with Gasteiger partial charge in [0.15, 0.2) is 0 Å². The fraction of sp³-hybridized carbons (Fsp3) is 0.857. The molecule has 0 aromatic carbocycles. The number of hydrogen-bond acceptors (Lipinski definition) is 2. The van der Waals surface area contributed by atoms with Crippen LogP contribution in [0, 0.1) is 0 Å². The van der Waals surface area contributed by atoms with Gasteiger partial charge in [0.1, 0.15) is 6.10 Å². The number of halogens is 1. The van der Waals surface area contributed by atoms with E-state index in [1.165, 1.54) is 19.8 Å². The van der Waals surface area contributed by atoms with Gasteiger partial charge in [-0.25, -0.2) is 0 Å². The van der Waals surface area contributed by atoms with Gasteiger partial charge in [0.25, 0.3) is 0 Å². The maximum absolute atomic E-state index is 10.4. The van der Waals surface area contributed by atoms with E-state index in [2.05, 4.69) is 0 Å². The minimum atomic E-state index is -0.137. The van der Waals surface area contributed by atoms with Crippen LogP contribution in [0.2, 0.25) is 0 Å². The van der Waals surface area contributed by atoms with Crippen LogP contribution in [0.3, 0.4) is 0 Å². The highest BCUT2D eigenvalue weighted by Gasteiger charge is 2.16. The summed E-state index contributed by atoms with van der Waals surface area (Å²) in [6, 6.07) is 0. The van der Waals surface area contributed by atoms with Crippen molar-refractivity contribution >= 4 is 18.4 Å². The zero-order chi connectivity index (χ0) is 6.69. The van der Waals surface area contributed by atoms with Crippen LogP contribution in [0.5, 0.6) is 0 Å². The Kier molecular flexibility index (Phi) is 4.45. The van der Waals surface area contributed by atoms with Gasteiger partial charge < -0.3 is 4.74 Å². The third-order valence-corrected chi connectivity index (χ3v) is 1.63. The summed E-state index contributed by atoms with van der Waals surface area (Å²) in [5.41, 5.74) is 0. The molecule has 1 saturated carbocycles. The molecule has 60 valence electrons. The Morgan fingerprint density at radius 3 is 2.30 bits per heavy atom. The van der Waals surface area contributed by atoms with E-state index in [-0.39, 0.29) is 24.5 Å². The minimum Gasteiger partial charge on any atom is -0.463 e. The van der Waals surface area contributed by atoms with E-state index in [1.807, 2.05) is 0 Å². The van der Waals surface area contributed by atoms with Crippen molar-refractivity contribution in [2.24, 2.45) is 0 Å². The van der Waals surface area contributed by atoms with Crippen LogP contribution in [-0.4, -0.2) is 12.1 Å². The largest absolute Gasteiger partial charge is 0.463 e. The number of hydrogen-bond donors (Lipinski definition) is 0. The maximum Gasteiger partial charge on any atom is 0.302 e. The van der Waals surface area contributed by atoms with E-state index in [0.29, 0.717) is 0 Å². The smallest absolute Gasteiger partial charge is 0.302 e. The first-order valence-electron chi connectivity index (χ1n) is 3.46. The Balaban J connectivity index is 0.000000810. The van der Waals surface area contributed by atoms with E-state index in [9.17, 15) is 4.79 Å². The summed E-state index contributed by atoms with van der Waals surface area (Å²) in [5.74, 6) is -0.137. The van der Waals surface area contributed by atoms with E-state index in [1.54, 1.807) is 0 Å². The third kappa shape index (κ3) is 3.06. The van der Waals surface area contributed by atoms with Gasteiger partial charge >= 0.3 is 5.97 Å². The van der Waals surface area contributed by atoms with Crippen LogP contribution in [0.1, 0.15) is 32.6 Å². The molecule has 0 amide bonds. The number of esters is 1. The van der Waals surface area contributed by atoms with Gasteiger partial charge in [-0.3, -0.25) is 4.79 Å². The summed E-state index contributed by atoms with van der Waals surface area (Å²) >= 11 is 0. The second-order valence-corrected chi connectivity index (χ2v) is 2.52. The van der Waals surface area contributed by atoms with Crippen molar-refractivity contribution in [3.05, 3.63) is 0 Å². The first-order chi connectivity index (χ1) is 4.29. The summed E-state index contributed by atoms with van der Waals surface area (Å²) in [5, 5.41) is 0. The van der Waals surface area contributed by atoms with Gasteiger partial charge in [-0.2, -0.15) is 0 Å².